The number of pyridine rings is 1. The third kappa shape index (κ3) is 3.88. The van der Waals surface area contributed by atoms with Gasteiger partial charge in [0.05, 0.1) is 19.4 Å². The first kappa shape index (κ1) is 15.9. The molecule has 0 atom stereocenters. The monoisotopic (exact) mass is 319 g/mol. The van der Waals surface area contributed by atoms with E-state index >= 15 is 0 Å². The van der Waals surface area contributed by atoms with Crippen LogP contribution >= 0.6 is 0 Å². The summed E-state index contributed by atoms with van der Waals surface area (Å²) in [6, 6.07) is 3.11. The highest BCUT2D eigenvalue weighted by Crippen LogP contribution is 2.11. The second kappa shape index (κ2) is 7.09. The largest absolute Gasteiger partial charge is 0.707 e. The molecule has 3 rings (SSSR count). The minimum absolute atomic E-state index is 0.180. The van der Waals surface area contributed by atoms with E-state index in [0.717, 1.165) is 32.8 Å². The smallest absolute Gasteiger partial charge is 0.511 e. The van der Waals surface area contributed by atoms with Gasteiger partial charge in [-0.2, -0.15) is 0 Å². The summed E-state index contributed by atoms with van der Waals surface area (Å²) in [4.78, 5) is 19.1. The Morgan fingerprint density at radius 1 is 1.30 bits per heavy atom. The van der Waals surface area contributed by atoms with Gasteiger partial charge in [0.15, 0.2) is 0 Å². The van der Waals surface area contributed by atoms with Crippen LogP contribution in [0.5, 0.6) is 5.75 Å². The molecule has 8 nitrogen and oxygen atoms in total. The maximum Gasteiger partial charge on any atom is 0.707 e. The van der Waals surface area contributed by atoms with Crippen molar-refractivity contribution in [2.75, 3.05) is 32.8 Å². The van der Waals surface area contributed by atoms with Gasteiger partial charge in [0.25, 0.3) is 5.56 Å². The summed E-state index contributed by atoms with van der Waals surface area (Å²) in [5.74, 6) is 0.182. The number of hydrogen-bond donors (Lipinski definition) is 2. The van der Waals surface area contributed by atoms with E-state index in [1.54, 1.807) is 12.3 Å². The second-order valence-electron chi connectivity index (χ2n) is 5.33. The van der Waals surface area contributed by atoms with Crippen LogP contribution in [-0.2, 0) is 11.2 Å². The van der Waals surface area contributed by atoms with Gasteiger partial charge in [-0.1, -0.05) is 0 Å². The Kier molecular flexibility index (Phi) is 4.92. The van der Waals surface area contributed by atoms with Crippen LogP contribution in [0.4, 0.5) is 0 Å². The Morgan fingerprint density at radius 3 is 2.83 bits per heavy atom. The van der Waals surface area contributed by atoms with Crippen molar-refractivity contribution in [2.45, 2.75) is 6.42 Å². The molecule has 122 valence electrons. The van der Waals surface area contributed by atoms with Gasteiger partial charge in [0, 0.05) is 31.4 Å². The maximum atomic E-state index is 12.5. The van der Waals surface area contributed by atoms with Crippen LogP contribution in [0, 0.1) is 0 Å². The molecule has 9 heteroatoms. The van der Waals surface area contributed by atoms with Crippen molar-refractivity contribution >= 4 is 13.0 Å². The molecular formula is C14H18BN3O5. The standard InChI is InChI=1S/C14H18BN3O5/c19-14-11(3-4-17-5-7-22-8-6-17)9-16-13-2-1-12(10-18(13)14)23-15(20)21/h1-2,9-10,20-21H,3-8H2. The number of morpholine rings is 1. The lowest BCUT2D eigenvalue weighted by molar-refractivity contribution is 0.0384. The molecule has 1 aliphatic rings. The molecule has 23 heavy (non-hydrogen) atoms. The highest BCUT2D eigenvalue weighted by Gasteiger charge is 2.14. The lowest BCUT2D eigenvalue weighted by Crippen LogP contribution is -2.38. The Bertz CT molecular complexity index is 730. The Labute approximate surface area is 133 Å². The molecule has 0 aliphatic carbocycles. The van der Waals surface area contributed by atoms with E-state index in [9.17, 15) is 4.79 Å². The van der Waals surface area contributed by atoms with Gasteiger partial charge >= 0.3 is 7.32 Å². The van der Waals surface area contributed by atoms with Crippen molar-refractivity contribution in [1.29, 1.82) is 0 Å². The first-order chi connectivity index (χ1) is 11.1. The van der Waals surface area contributed by atoms with Crippen molar-refractivity contribution in [1.82, 2.24) is 14.3 Å². The normalized spacial score (nSPS) is 15.7. The first-order valence-corrected chi connectivity index (χ1v) is 7.47. The van der Waals surface area contributed by atoms with Crippen LogP contribution in [0.1, 0.15) is 5.56 Å². The molecule has 2 aromatic heterocycles. The van der Waals surface area contributed by atoms with Gasteiger partial charge < -0.3 is 19.4 Å². The van der Waals surface area contributed by atoms with Crippen molar-refractivity contribution in [3.63, 3.8) is 0 Å². The fraction of sp³-hybridized carbons (Fsp3) is 0.429. The van der Waals surface area contributed by atoms with E-state index in [2.05, 4.69) is 9.88 Å². The van der Waals surface area contributed by atoms with Gasteiger partial charge in [-0.3, -0.25) is 14.1 Å². The molecule has 0 unspecified atom stereocenters. The number of fused-ring (bicyclic) bond motifs is 1. The summed E-state index contributed by atoms with van der Waals surface area (Å²) >= 11 is 0. The molecule has 0 spiro atoms. The Morgan fingerprint density at radius 2 is 2.09 bits per heavy atom. The molecule has 0 amide bonds. The van der Waals surface area contributed by atoms with Crippen LogP contribution in [0.25, 0.3) is 5.65 Å². The number of nitrogens with zero attached hydrogens (tertiary/aromatic N) is 3. The van der Waals surface area contributed by atoms with E-state index in [-0.39, 0.29) is 11.3 Å². The molecule has 2 aromatic rings. The van der Waals surface area contributed by atoms with Gasteiger partial charge in [0.2, 0.25) is 0 Å². The molecular weight excluding hydrogens is 301 g/mol. The molecule has 0 saturated carbocycles. The summed E-state index contributed by atoms with van der Waals surface area (Å²) in [6.07, 6.45) is 3.60. The fourth-order valence-corrected chi connectivity index (χ4v) is 2.56. The van der Waals surface area contributed by atoms with E-state index in [4.69, 9.17) is 19.4 Å². The fourth-order valence-electron chi connectivity index (χ4n) is 2.56. The molecule has 1 fully saturated rings. The molecule has 2 N–H and O–H groups in total. The zero-order chi connectivity index (χ0) is 16.2. The predicted molar refractivity (Wildman–Crippen MR) is 83.2 cm³/mol. The van der Waals surface area contributed by atoms with E-state index in [1.165, 1.54) is 16.7 Å². The minimum atomic E-state index is -1.93. The summed E-state index contributed by atoms with van der Waals surface area (Å²) in [7, 11) is -1.93. The van der Waals surface area contributed by atoms with E-state index < -0.39 is 7.32 Å². The quantitative estimate of drug-likeness (QED) is 0.677. The molecule has 0 aromatic carbocycles. The number of aromatic nitrogens is 2. The minimum Gasteiger partial charge on any atom is -0.511 e. The Balaban J connectivity index is 1.80. The van der Waals surface area contributed by atoms with Crippen molar-refractivity contribution in [3.8, 4) is 5.75 Å². The van der Waals surface area contributed by atoms with Gasteiger partial charge in [-0.15, -0.1) is 0 Å². The Hall–Kier alpha value is -1.94. The summed E-state index contributed by atoms with van der Waals surface area (Å²) in [5.41, 5.74) is 0.904. The van der Waals surface area contributed by atoms with Crippen molar-refractivity contribution in [3.05, 3.63) is 40.4 Å². The molecule has 1 aliphatic heterocycles. The first-order valence-electron chi connectivity index (χ1n) is 7.47. The highest BCUT2D eigenvalue weighted by molar-refractivity contribution is 6.33. The van der Waals surface area contributed by atoms with Gasteiger partial charge in [-0.05, 0) is 18.6 Å². The predicted octanol–water partition coefficient (Wildman–Crippen LogP) is -1.08. The third-order valence-corrected chi connectivity index (χ3v) is 3.79. The average Bonchev–Trinajstić information content (AvgIpc) is 2.55. The third-order valence-electron chi connectivity index (χ3n) is 3.79. The molecule has 3 heterocycles. The van der Waals surface area contributed by atoms with Gasteiger partial charge in [0.1, 0.15) is 11.4 Å². The molecule has 1 saturated heterocycles. The van der Waals surface area contributed by atoms with Crippen LogP contribution in [0.15, 0.2) is 29.3 Å². The average molecular weight is 319 g/mol. The highest BCUT2D eigenvalue weighted by atomic mass is 16.6. The van der Waals surface area contributed by atoms with Crippen LogP contribution in [0.3, 0.4) is 0 Å². The zero-order valence-corrected chi connectivity index (χ0v) is 12.6. The SMILES string of the molecule is O=c1c(CCN2CCOCC2)cnc2ccc(OB(O)O)cn12. The number of rotatable bonds is 5. The van der Waals surface area contributed by atoms with Gasteiger partial charge in [-0.25, -0.2) is 4.98 Å². The van der Waals surface area contributed by atoms with Crippen LogP contribution in [0.2, 0.25) is 0 Å². The number of hydrogen-bond acceptors (Lipinski definition) is 7. The lowest BCUT2D eigenvalue weighted by Gasteiger charge is -2.26. The van der Waals surface area contributed by atoms with E-state index in [1.807, 2.05) is 0 Å². The summed E-state index contributed by atoms with van der Waals surface area (Å²) in [5, 5.41) is 17.7. The lowest BCUT2D eigenvalue weighted by atomic mass is 10.2. The van der Waals surface area contributed by atoms with Crippen LogP contribution in [-0.4, -0.2) is 64.5 Å². The summed E-state index contributed by atoms with van der Waals surface area (Å²) in [6.45, 7) is 3.96. The number of ether oxygens (including phenoxy) is 1. The topological polar surface area (TPSA) is 96.5 Å². The molecule has 0 radical (unpaired) electrons. The van der Waals surface area contributed by atoms with Crippen molar-refractivity contribution < 1.29 is 19.4 Å². The van der Waals surface area contributed by atoms with Crippen molar-refractivity contribution in [2.24, 2.45) is 0 Å². The molecule has 0 bridgehead atoms. The zero-order valence-electron chi connectivity index (χ0n) is 12.6. The van der Waals surface area contributed by atoms with Crippen LogP contribution < -0.4 is 10.2 Å². The second-order valence-corrected chi connectivity index (χ2v) is 5.33. The van der Waals surface area contributed by atoms with E-state index in [0.29, 0.717) is 17.6 Å². The maximum absolute atomic E-state index is 12.5. The summed E-state index contributed by atoms with van der Waals surface area (Å²) < 4.78 is 11.4.